The third kappa shape index (κ3) is 35.1. The first kappa shape index (κ1) is 64.0. The van der Waals surface area contributed by atoms with Crippen molar-refractivity contribution in [1.29, 1.82) is 0 Å². The van der Waals surface area contributed by atoms with Gasteiger partial charge in [0.25, 0.3) is 0 Å². The third-order valence-electron chi connectivity index (χ3n) is 12.4. The predicted molar refractivity (Wildman–Crippen MR) is 277 cm³/mol. The molecule has 1 heterocycles. The van der Waals surface area contributed by atoms with Gasteiger partial charge in [0.1, 0.15) is 38.3 Å². The normalized spacial score (nSPS) is 15.0. The van der Waals surface area contributed by atoms with E-state index >= 15 is 0 Å². The molecule has 0 spiro atoms. The van der Waals surface area contributed by atoms with Crippen molar-refractivity contribution in [3.8, 4) is 0 Å². The summed E-state index contributed by atoms with van der Waals surface area (Å²) >= 11 is 0. The fourth-order valence-electron chi connectivity index (χ4n) is 7.66. The Morgan fingerprint density at radius 2 is 1.16 bits per heavy atom. The van der Waals surface area contributed by atoms with Crippen LogP contribution in [0.3, 0.4) is 0 Å². The molecule has 0 aliphatic carbocycles. The van der Waals surface area contributed by atoms with E-state index in [-0.39, 0.29) is 64.2 Å². The Labute approximate surface area is 423 Å². The zero-order chi connectivity index (χ0) is 51.9. The molecular weight excluding hydrogens is 893 g/mol. The lowest BCUT2D eigenvalue weighted by molar-refractivity contribution is -0.155. The molecular formula is C56H96N2O12. The second-order valence-corrected chi connectivity index (χ2v) is 19.8. The van der Waals surface area contributed by atoms with Crippen molar-refractivity contribution in [2.45, 2.75) is 213 Å². The number of rotatable bonds is 43. The molecule has 1 N–H and O–H groups in total. The molecule has 1 rings (SSSR count). The maximum absolute atomic E-state index is 13.1. The van der Waals surface area contributed by atoms with Crippen LogP contribution in [-0.2, 0) is 52.3 Å². The highest BCUT2D eigenvalue weighted by molar-refractivity contribution is 5.71. The summed E-state index contributed by atoms with van der Waals surface area (Å²) in [5.41, 5.74) is 1.29. The number of ether oxygens (including phenoxy) is 7. The molecule has 0 aromatic carbocycles. The topological polar surface area (TPSA) is 165 Å². The van der Waals surface area contributed by atoms with Gasteiger partial charge in [0.2, 0.25) is 0 Å². The Hall–Kier alpha value is -4.01. The van der Waals surface area contributed by atoms with Crippen LogP contribution in [-0.4, -0.2) is 112 Å². The lowest BCUT2D eigenvalue weighted by Crippen LogP contribution is -2.35. The summed E-state index contributed by atoms with van der Waals surface area (Å²) in [6.07, 6.45) is 22.9. The van der Waals surface area contributed by atoms with Gasteiger partial charge in [0, 0.05) is 45.4 Å². The van der Waals surface area contributed by atoms with Crippen LogP contribution in [0.1, 0.15) is 196 Å². The van der Waals surface area contributed by atoms with Gasteiger partial charge in [0.05, 0.1) is 11.5 Å². The summed E-state index contributed by atoms with van der Waals surface area (Å²) in [7, 11) is 0. The SMILES string of the molecule is C=CC(C)(CCC=C(C)C)OCOCCCCCCC(=O)OCC(COC(=O)CCCCCC(=O)OC(C)(C=C)CCC=C(C)C)COC(=O)CCC(CCCCCC)OC(=O)NCCN1CCCC1. The molecule has 4 atom stereocenters. The van der Waals surface area contributed by atoms with Crippen LogP contribution in [0.15, 0.2) is 48.6 Å². The van der Waals surface area contributed by atoms with Crippen molar-refractivity contribution in [2.75, 3.05) is 59.4 Å². The van der Waals surface area contributed by atoms with E-state index in [4.69, 9.17) is 33.2 Å². The Kier molecular flexibility index (Phi) is 36.2. The van der Waals surface area contributed by atoms with Crippen LogP contribution in [0.5, 0.6) is 0 Å². The van der Waals surface area contributed by atoms with Crippen LogP contribution >= 0.6 is 0 Å². The quantitative estimate of drug-likeness (QED) is 0.0202. The van der Waals surface area contributed by atoms with Crippen LogP contribution in [0, 0.1) is 5.92 Å². The number of allylic oxidation sites excluding steroid dienone is 4. The average Bonchev–Trinajstić information content (AvgIpc) is 3.84. The molecule has 4 unspecified atom stereocenters. The van der Waals surface area contributed by atoms with Crippen molar-refractivity contribution in [1.82, 2.24) is 10.2 Å². The monoisotopic (exact) mass is 989 g/mol. The van der Waals surface area contributed by atoms with Gasteiger partial charge in [-0.15, -0.1) is 6.58 Å². The number of nitrogens with one attached hydrogen (secondary N) is 1. The molecule has 1 aliphatic heterocycles. The number of alkyl carbamates (subject to hydrolysis) is 1. The third-order valence-corrected chi connectivity index (χ3v) is 12.4. The van der Waals surface area contributed by atoms with Crippen molar-refractivity contribution in [2.24, 2.45) is 5.92 Å². The number of amides is 1. The highest BCUT2D eigenvalue weighted by atomic mass is 16.7. The summed E-state index contributed by atoms with van der Waals surface area (Å²) in [6, 6.07) is 0. The molecule has 0 aromatic rings. The number of hydrogen-bond acceptors (Lipinski definition) is 13. The Bertz CT molecular complexity index is 1550. The van der Waals surface area contributed by atoms with Crippen molar-refractivity contribution in [3.63, 3.8) is 0 Å². The standard InChI is InChI=1S/C56H96N2O12/c1-10-13-14-18-29-49(69-54(63)57-37-40-58-38-22-23-39-58)33-34-52(61)67-44-48(43-66-51(60)31-20-17-21-32-53(62)70-56(9,12-3)36-26-28-47(6)7)42-65-50(59)30-19-15-16-24-41-64-45-68-55(8,11-2)35-25-27-46(4)5/h11-12,27-28,48-49H,2-3,10,13-26,29-45H2,1,4-9H3,(H,57,63). The fraction of sp³-hybridized carbons (Fsp3) is 0.768. The maximum Gasteiger partial charge on any atom is 0.407 e. The highest BCUT2D eigenvalue weighted by Gasteiger charge is 2.25. The molecule has 70 heavy (non-hydrogen) atoms. The van der Waals surface area contributed by atoms with E-state index in [1.807, 2.05) is 33.8 Å². The summed E-state index contributed by atoms with van der Waals surface area (Å²) < 4.78 is 40.0. The minimum atomic E-state index is -0.742. The molecule has 0 saturated carbocycles. The first-order chi connectivity index (χ1) is 33.5. The van der Waals surface area contributed by atoms with Crippen LogP contribution in [0.25, 0.3) is 0 Å². The Balaban J connectivity index is 2.65. The summed E-state index contributed by atoms with van der Waals surface area (Å²) in [6.45, 7) is 25.8. The smallest absolute Gasteiger partial charge is 0.407 e. The number of carbonyl (C=O) groups is 5. The summed E-state index contributed by atoms with van der Waals surface area (Å²) in [4.78, 5) is 66.3. The largest absolute Gasteiger partial charge is 0.465 e. The molecule has 0 aromatic heterocycles. The number of nitrogens with zero attached hydrogens (tertiary/aromatic N) is 1. The zero-order valence-electron chi connectivity index (χ0n) is 44.9. The van der Waals surface area contributed by atoms with Gasteiger partial charge < -0.3 is 43.4 Å². The number of unbranched alkanes of at least 4 members (excludes halogenated alkanes) is 8. The van der Waals surface area contributed by atoms with Gasteiger partial charge in [-0.05, 0) is 144 Å². The first-order valence-electron chi connectivity index (χ1n) is 26.6. The van der Waals surface area contributed by atoms with Crippen molar-refractivity contribution < 1.29 is 57.1 Å². The number of hydrogen-bond donors (Lipinski definition) is 1. The minimum Gasteiger partial charge on any atom is -0.465 e. The molecule has 1 fully saturated rings. The average molecular weight is 989 g/mol. The molecule has 14 heteroatoms. The molecule has 1 aliphatic rings. The van der Waals surface area contributed by atoms with E-state index in [1.165, 1.54) is 24.0 Å². The van der Waals surface area contributed by atoms with E-state index in [2.05, 4.69) is 56.3 Å². The van der Waals surface area contributed by atoms with E-state index in [1.54, 1.807) is 6.08 Å². The van der Waals surface area contributed by atoms with E-state index in [9.17, 15) is 24.0 Å². The number of likely N-dealkylation sites (tertiary alicyclic amines) is 1. The van der Waals surface area contributed by atoms with Crippen LogP contribution in [0.4, 0.5) is 4.79 Å². The maximum atomic E-state index is 13.1. The lowest BCUT2D eigenvalue weighted by atomic mass is 9.99. The molecule has 1 amide bonds. The minimum absolute atomic E-state index is 0.0327. The van der Waals surface area contributed by atoms with Crippen molar-refractivity contribution >= 4 is 30.0 Å². The van der Waals surface area contributed by atoms with Gasteiger partial charge in [-0.1, -0.05) is 81.4 Å². The predicted octanol–water partition coefficient (Wildman–Crippen LogP) is 12.0. The molecule has 0 radical (unpaired) electrons. The Morgan fingerprint density at radius 3 is 1.71 bits per heavy atom. The molecule has 1 saturated heterocycles. The van der Waals surface area contributed by atoms with Gasteiger partial charge in [0.15, 0.2) is 0 Å². The van der Waals surface area contributed by atoms with E-state index in [0.717, 1.165) is 83.8 Å². The van der Waals surface area contributed by atoms with E-state index < -0.39 is 41.3 Å². The highest BCUT2D eigenvalue weighted by Crippen LogP contribution is 2.23. The first-order valence-corrected chi connectivity index (χ1v) is 26.6. The molecule has 0 bridgehead atoms. The van der Waals surface area contributed by atoms with Crippen LogP contribution < -0.4 is 5.32 Å². The van der Waals surface area contributed by atoms with Crippen molar-refractivity contribution in [3.05, 3.63) is 48.6 Å². The number of esters is 4. The van der Waals surface area contributed by atoms with E-state index in [0.29, 0.717) is 58.1 Å². The summed E-state index contributed by atoms with van der Waals surface area (Å²) in [5, 5.41) is 2.86. The fourth-order valence-corrected chi connectivity index (χ4v) is 7.66. The molecule has 402 valence electrons. The van der Waals surface area contributed by atoms with Gasteiger partial charge >= 0.3 is 30.0 Å². The Morgan fingerprint density at radius 1 is 0.643 bits per heavy atom. The zero-order valence-corrected chi connectivity index (χ0v) is 44.9. The lowest BCUT2D eigenvalue weighted by Gasteiger charge is -2.25. The van der Waals surface area contributed by atoms with Gasteiger partial charge in [-0.25, -0.2) is 4.79 Å². The molecule has 14 nitrogen and oxygen atoms in total. The number of carbonyl (C=O) groups excluding carboxylic acids is 5. The second kappa shape index (κ2) is 39.6. The van der Waals surface area contributed by atoms with Gasteiger partial charge in [-0.3, -0.25) is 19.2 Å². The summed E-state index contributed by atoms with van der Waals surface area (Å²) in [5.74, 6) is -2.19. The van der Waals surface area contributed by atoms with Gasteiger partial charge in [-0.2, -0.15) is 0 Å². The second-order valence-electron chi connectivity index (χ2n) is 19.8. The van der Waals surface area contributed by atoms with Crippen LogP contribution in [0.2, 0.25) is 0 Å².